The molecule has 0 spiro atoms. The number of carbonyl (C=O) groups excluding carboxylic acids is 2. The van der Waals surface area contributed by atoms with E-state index in [0.717, 1.165) is 30.3 Å². The third-order valence-corrected chi connectivity index (χ3v) is 5.52. The Hall–Kier alpha value is -4.26. The molecule has 1 aromatic heterocycles. The lowest BCUT2D eigenvalue weighted by molar-refractivity contribution is -0.384. The Labute approximate surface area is 193 Å². The van der Waals surface area contributed by atoms with Crippen LogP contribution in [0.15, 0.2) is 65.1 Å². The summed E-state index contributed by atoms with van der Waals surface area (Å²) in [4.78, 5) is 35.9. The summed E-state index contributed by atoms with van der Waals surface area (Å²) in [5.74, 6) is -4.93. The topological polar surface area (TPSA) is 135 Å². The number of ketones is 1. The number of hydrogen-bond donors (Lipinski definition) is 3. The van der Waals surface area contributed by atoms with E-state index in [-0.39, 0.29) is 28.3 Å². The number of rotatable bonds is 5. The van der Waals surface area contributed by atoms with Crippen molar-refractivity contribution in [2.75, 3.05) is 0 Å². The third-order valence-electron chi connectivity index (χ3n) is 5.52. The maximum Gasteiger partial charge on any atom is 0.437 e. The maximum atomic E-state index is 14.0. The second kappa shape index (κ2) is 8.51. The van der Waals surface area contributed by atoms with Crippen molar-refractivity contribution in [1.29, 1.82) is 0 Å². The molecule has 1 aliphatic heterocycles. The van der Waals surface area contributed by atoms with Crippen LogP contribution >= 0.6 is 0 Å². The first-order chi connectivity index (χ1) is 16.4. The fourth-order valence-corrected chi connectivity index (χ4v) is 3.88. The fourth-order valence-electron chi connectivity index (χ4n) is 3.88. The van der Waals surface area contributed by atoms with Crippen molar-refractivity contribution in [3.63, 3.8) is 0 Å². The van der Waals surface area contributed by atoms with Crippen molar-refractivity contribution in [3.05, 3.63) is 87.9 Å². The number of Topliss-reactive ketones (excluding diaryl/α,β-unsaturated/α-hetero) is 1. The van der Waals surface area contributed by atoms with Crippen LogP contribution < -0.4 is 10.6 Å². The molecular weight excluding hydrogens is 478 g/mol. The zero-order valence-electron chi connectivity index (χ0n) is 17.4. The number of nitrogens with one attached hydrogen (secondary N) is 2. The smallest absolute Gasteiger partial charge is 0.437 e. The largest absolute Gasteiger partial charge is 0.459 e. The van der Waals surface area contributed by atoms with Crippen LogP contribution in [-0.2, 0) is 0 Å². The van der Waals surface area contributed by atoms with E-state index in [0.29, 0.717) is 0 Å². The van der Waals surface area contributed by atoms with Crippen LogP contribution in [0.5, 0.6) is 0 Å². The lowest BCUT2D eigenvalue weighted by Gasteiger charge is -2.44. The van der Waals surface area contributed by atoms with Gasteiger partial charge in [0.15, 0.2) is 5.78 Å². The van der Waals surface area contributed by atoms with Crippen molar-refractivity contribution >= 4 is 17.5 Å². The highest BCUT2D eigenvalue weighted by Gasteiger charge is 2.66. The third kappa shape index (κ3) is 4.21. The lowest BCUT2D eigenvalue weighted by atomic mass is 9.79. The lowest BCUT2D eigenvalue weighted by Crippen LogP contribution is -2.72. The van der Waals surface area contributed by atoms with Gasteiger partial charge in [-0.05, 0) is 42.5 Å². The van der Waals surface area contributed by atoms with Gasteiger partial charge in [-0.3, -0.25) is 14.9 Å². The minimum atomic E-state index is -5.50. The quantitative estimate of drug-likeness (QED) is 0.212. The molecule has 0 radical (unpaired) electrons. The normalized spacial score (nSPS) is 22.3. The second-order valence-electron chi connectivity index (χ2n) is 7.67. The summed E-state index contributed by atoms with van der Waals surface area (Å²) in [6.07, 6.45) is -5.50. The number of benzene rings is 2. The zero-order chi connectivity index (χ0) is 25.5. The Morgan fingerprint density at radius 3 is 2.37 bits per heavy atom. The number of aliphatic hydroxyl groups is 1. The van der Waals surface area contributed by atoms with Crippen LogP contribution in [0.25, 0.3) is 11.3 Å². The molecule has 2 aromatic carbocycles. The number of halogens is 4. The fraction of sp³-hybridized carbons (Fsp3) is 0.182. The molecule has 9 nitrogen and oxygen atoms in total. The van der Waals surface area contributed by atoms with E-state index >= 15 is 0 Å². The summed E-state index contributed by atoms with van der Waals surface area (Å²) in [6.45, 7) is 0. The van der Waals surface area contributed by atoms with Gasteiger partial charge < -0.3 is 20.2 Å². The average Bonchev–Trinajstić information content (AvgIpc) is 3.28. The van der Waals surface area contributed by atoms with Crippen LogP contribution in [0.1, 0.15) is 22.2 Å². The summed E-state index contributed by atoms with van der Waals surface area (Å²) in [5.41, 5.74) is -4.74. The van der Waals surface area contributed by atoms with E-state index in [9.17, 15) is 42.4 Å². The Kier molecular flexibility index (Phi) is 5.80. The van der Waals surface area contributed by atoms with Gasteiger partial charge in [-0.1, -0.05) is 12.1 Å². The number of carbonyl (C=O) groups is 2. The SMILES string of the molecule is O=C1N[C@@H](c2ccc(-c3ccccc3[N+](=O)[O-])o2)[C@H](C(=O)c2ccc(F)cc2)[C@@](O)(C(F)(F)F)N1. The highest BCUT2D eigenvalue weighted by molar-refractivity contribution is 6.00. The molecule has 3 atom stereocenters. The van der Waals surface area contributed by atoms with Gasteiger partial charge in [-0.15, -0.1) is 0 Å². The van der Waals surface area contributed by atoms with Gasteiger partial charge in [0.05, 0.1) is 10.5 Å². The van der Waals surface area contributed by atoms with Gasteiger partial charge in [0, 0.05) is 11.6 Å². The van der Waals surface area contributed by atoms with Gasteiger partial charge in [0.25, 0.3) is 5.69 Å². The standard InChI is InChI=1S/C22H15F4N3O6/c23-12-7-5-11(6-8-12)19(30)17-18(27-20(31)28-21(17,32)22(24,25)26)16-10-9-15(35-16)13-3-1-2-4-14(13)29(33)34/h1-10,17-18,32H,(H2,27,28,31)/t17-,18+,21-/m1/s1. The number of nitro benzene ring substituents is 1. The van der Waals surface area contributed by atoms with E-state index < -0.39 is 46.4 Å². The van der Waals surface area contributed by atoms with E-state index in [1.54, 1.807) is 0 Å². The van der Waals surface area contributed by atoms with E-state index in [2.05, 4.69) is 5.32 Å². The van der Waals surface area contributed by atoms with Gasteiger partial charge in [0.1, 0.15) is 29.3 Å². The van der Waals surface area contributed by atoms with Crippen molar-refractivity contribution < 1.29 is 41.6 Å². The van der Waals surface area contributed by atoms with Crippen molar-refractivity contribution in [2.45, 2.75) is 17.9 Å². The molecule has 1 saturated heterocycles. The van der Waals surface area contributed by atoms with Crippen LogP contribution in [0.2, 0.25) is 0 Å². The molecule has 0 aliphatic carbocycles. The van der Waals surface area contributed by atoms with Crippen molar-refractivity contribution in [1.82, 2.24) is 10.6 Å². The molecule has 0 unspecified atom stereocenters. The van der Waals surface area contributed by atoms with Gasteiger partial charge >= 0.3 is 12.2 Å². The molecule has 4 rings (SSSR count). The van der Waals surface area contributed by atoms with Gasteiger partial charge in [-0.25, -0.2) is 9.18 Å². The maximum absolute atomic E-state index is 14.0. The van der Waals surface area contributed by atoms with Gasteiger partial charge in [0.2, 0.25) is 5.72 Å². The molecule has 3 aromatic rings. The summed E-state index contributed by atoms with van der Waals surface area (Å²) >= 11 is 0. The van der Waals surface area contributed by atoms with E-state index in [4.69, 9.17) is 4.42 Å². The number of alkyl halides is 3. The molecule has 182 valence electrons. The minimum absolute atomic E-state index is 0.00324. The number of furan rings is 1. The summed E-state index contributed by atoms with van der Waals surface area (Å²) in [5, 5.41) is 25.4. The van der Waals surface area contributed by atoms with Gasteiger partial charge in [-0.2, -0.15) is 13.2 Å². The van der Waals surface area contributed by atoms with E-state index in [1.807, 2.05) is 0 Å². The first kappa shape index (κ1) is 23.9. The van der Waals surface area contributed by atoms with Crippen LogP contribution in [0, 0.1) is 21.8 Å². The van der Waals surface area contributed by atoms with Crippen molar-refractivity contribution in [3.8, 4) is 11.3 Å². The van der Waals surface area contributed by atoms with Crippen molar-refractivity contribution in [2.24, 2.45) is 5.92 Å². The molecule has 3 N–H and O–H groups in total. The Bertz CT molecular complexity index is 1310. The van der Waals surface area contributed by atoms with Crippen LogP contribution in [-0.4, -0.2) is 33.7 Å². The second-order valence-corrected chi connectivity index (χ2v) is 7.67. The van der Waals surface area contributed by atoms with Crippen LogP contribution in [0.4, 0.5) is 28.0 Å². The summed E-state index contributed by atoms with van der Waals surface area (Å²) in [6, 6.07) is 8.04. The molecule has 2 heterocycles. The first-order valence-corrected chi connectivity index (χ1v) is 9.93. The Morgan fingerprint density at radius 1 is 1.09 bits per heavy atom. The van der Waals surface area contributed by atoms with E-state index in [1.165, 1.54) is 35.6 Å². The number of para-hydroxylation sites is 1. The number of nitro groups is 1. The highest BCUT2D eigenvalue weighted by Crippen LogP contribution is 2.45. The molecule has 13 heteroatoms. The Balaban J connectivity index is 1.83. The highest BCUT2D eigenvalue weighted by atomic mass is 19.4. The first-order valence-electron chi connectivity index (χ1n) is 9.93. The number of nitrogens with zero attached hydrogens (tertiary/aromatic N) is 1. The zero-order valence-corrected chi connectivity index (χ0v) is 17.4. The molecule has 0 saturated carbocycles. The molecule has 2 amide bonds. The average molecular weight is 493 g/mol. The predicted molar refractivity (Wildman–Crippen MR) is 110 cm³/mol. The van der Waals surface area contributed by atoms with Crippen LogP contribution in [0.3, 0.4) is 0 Å². The Morgan fingerprint density at radius 2 is 1.74 bits per heavy atom. The molecule has 1 aliphatic rings. The molecular formula is C22H15F4N3O6. The molecule has 1 fully saturated rings. The molecule has 35 heavy (non-hydrogen) atoms. The number of amides is 2. The molecule has 0 bridgehead atoms. The summed E-state index contributed by atoms with van der Waals surface area (Å²) < 4.78 is 60.8. The summed E-state index contributed by atoms with van der Waals surface area (Å²) in [7, 11) is 0. The number of urea groups is 1. The predicted octanol–water partition coefficient (Wildman–Crippen LogP) is 4.10. The minimum Gasteiger partial charge on any atom is -0.459 e. The number of hydrogen-bond acceptors (Lipinski definition) is 6. The monoisotopic (exact) mass is 493 g/mol.